The molecule has 2 rings (SSSR count). The monoisotopic (exact) mass is 140 g/mol. The molecule has 0 spiro atoms. The van der Waals surface area contributed by atoms with Gasteiger partial charge in [0.2, 0.25) is 0 Å². The Bertz CT molecular complexity index is 167. The quantitative estimate of drug-likeness (QED) is 0.397. The Kier molecular flexibility index (Phi) is 1.38. The Hall–Kier alpha value is -0.570. The molecule has 3 heteroatoms. The van der Waals surface area contributed by atoms with E-state index < -0.39 is 0 Å². The first-order valence-electron chi connectivity index (χ1n) is 3.86. The molecule has 0 aromatic rings. The van der Waals surface area contributed by atoms with Gasteiger partial charge in [0.15, 0.2) is 0 Å². The van der Waals surface area contributed by atoms with E-state index in [-0.39, 0.29) is 0 Å². The zero-order valence-electron chi connectivity index (χ0n) is 5.95. The molecule has 0 radical (unpaired) electrons. The largest absolute Gasteiger partial charge is 0.411 e. The minimum absolute atomic E-state index is 0.491. The molecular weight excluding hydrogens is 128 g/mol. The lowest BCUT2D eigenvalue weighted by molar-refractivity contribution is 0.310. The van der Waals surface area contributed by atoms with Gasteiger partial charge in [-0.1, -0.05) is 5.16 Å². The van der Waals surface area contributed by atoms with Crippen molar-refractivity contribution in [2.45, 2.75) is 25.3 Å². The van der Waals surface area contributed by atoms with Crippen molar-refractivity contribution >= 4 is 5.71 Å². The van der Waals surface area contributed by atoms with E-state index in [2.05, 4.69) is 10.1 Å². The molecule has 2 aliphatic rings. The summed E-state index contributed by atoms with van der Waals surface area (Å²) in [6.07, 6.45) is 3.43. The van der Waals surface area contributed by atoms with Gasteiger partial charge in [0.1, 0.15) is 0 Å². The number of hydrogen-bond donors (Lipinski definition) is 1. The van der Waals surface area contributed by atoms with E-state index in [4.69, 9.17) is 5.21 Å². The fourth-order valence-corrected chi connectivity index (χ4v) is 2.01. The van der Waals surface area contributed by atoms with Gasteiger partial charge >= 0.3 is 0 Å². The fraction of sp³-hybridized carbons (Fsp3) is 0.857. The van der Waals surface area contributed by atoms with Gasteiger partial charge in [0, 0.05) is 13.0 Å². The lowest BCUT2D eigenvalue weighted by Gasteiger charge is -2.11. The topological polar surface area (TPSA) is 35.8 Å². The SMILES string of the molecule is O/N=C1/CCN2CCC[C@H]12. The first kappa shape index (κ1) is 6.16. The molecule has 2 heterocycles. The van der Waals surface area contributed by atoms with Gasteiger partial charge in [0.25, 0.3) is 0 Å². The molecule has 1 N–H and O–H groups in total. The van der Waals surface area contributed by atoms with Crippen LogP contribution in [0.15, 0.2) is 5.16 Å². The van der Waals surface area contributed by atoms with Gasteiger partial charge < -0.3 is 5.21 Å². The van der Waals surface area contributed by atoms with E-state index in [1.807, 2.05) is 0 Å². The van der Waals surface area contributed by atoms with E-state index in [1.165, 1.54) is 19.4 Å². The third-order valence-electron chi connectivity index (χ3n) is 2.53. The van der Waals surface area contributed by atoms with Gasteiger partial charge in [-0.05, 0) is 19.4 Å². The van der Waals surface area contributed by atoms with E-state index in [0.29, 0.717) is 6.04 Å². The molecule has 2 fully saturated rings. The Morgan fingerprint density at radius 1 is 1.50 bits per heavy atom. The predicted molar refractivity (Wildman–Crippen MR) is 38.4 cm³/mol. The van der Waals surface area contributed by atoms with Crippen LogP contribution >= 0.6 is 0 Å². The van der Waals surface area contributed by atoms with Crippen molar-refractivity contribution in [3.05, 3.63) is 0 Å². The molecule has 2 saturated heterocycles. The summed E-state index contributed by atoms with van der Waals surface area (Å²) in [6.45, 7) is 2.30. The maximum atomic E-state index is 8.57. The second-order valence-corrected chi connectivity index (χ2v) is 3.04. The second kappa shape index (κ2) is 2.23. The number of rotatable bonds is 0. The van der Waals surface area contributed by atoms with Crippen molar-refractivity contribution in [1.29, 1.82) is 0 Å². The third kappa shape index (κ3) is 0.736. The van der Waals surface area contributed by atoms with Crippen LogP contribution in [0.5, 0.6) is 0 Å². The lowest BCUT2D eigenvalue weighted by Crippen LogP contribution is -2.25. The molecular formula is C7H12N2O. The minimum Gasteiger partial charge on any atom is -0.411 e. The summed E-state index contributed by atoms with van der Waals surface area (Å²) in [7, 11) is 0. The van der Waals surface area contributed by atoms with Crippen molar-refractivity contribution in [2.75, 3.05) is 13.1 Å². The van der Waals surface area contributed by atoms with Gasteiger partial charge in [-0.2, -0.15) is 0 Å². The Morgan fingerprint density at radius 3 is 3.20 bits per heavy atom. The molecule has 0 aromatic carbocycles. The van der Waals surface area contributed by atoms with Crippen LogP contribution in [0.1, 0.15) is 19.3 Å². The third-order valence-corrected chi connectivity index (χ3v) is 2.53. The highest BCUT2D eigenvalue weighted by Crippen LogP contribution is 2.25. The minimum atomic E-state index is 0.491. The molecule has 0 saturated carbocycles. The summed E-state index contributed by atoms with van der Waals surface area (Å²) in [5, 5.41) is 11.9. The Labute approximate surface area is 60.3 Å². The first-order valence-corrected chi connectivity index (χ1v) is 3.86. The van der Waals surface area contributed by atoms with Crippen molar-refractivity contribution in [2.24, 2.45) is 5.16 Å². The molecule has 56 valence electrons. The van der Waals surface area contributed by atoms with Crippen LogP contribution < -0.4 is 0 Å². The molecule has 0 bridgehead atoms. The maximum Gasteiger partial charge on any atom is 0.0754 e. The molecule has 0 amide bonds. The van der Waals surface area contributed by atoms with Gasteiger partial charge in [-0.15, -0.1) is 0 Å². The van der Waals surface area contributed by atoms with Crippen LogP contribution in [0.2, 0.25) is 0 Å². The Morgan fingerprint density at radius 2 is 2.40 bits per heavy atom. The number of oxime groups is 1. The van der Waals surface area contributed by atoms with Crippen molar-refractivity contribution in [1.82, 2.24) is 4.90 Å². The van der Waals surface area contributed by atoms with Crippen LogP contribution in [0.25, 0.3) is 0 Å². The van der Waals surface area contributed by atoms with E-state index in [0.717, 1.165) is 18.7 Å². The highest BCUT2D eigenvalue weighted by molar-refractivity contribution is 5.91. The first-order chi connectivity index (χ1) is 4.92. The van der Waals surface area contributed by atoms with Gasteiger partial charge in [0.05, 0.1) is 11.8 Å². The number of fused-ring (bicyclic) bond motifs is 1. The molecule has 10 heavy (non-hydrogen) atoms. The summed E-state index contributed by atoms with van der Waals surface area (Å²) in [5.41, 5.74) is 0.998. The summed E-state index contributed by atoms with van der Waals surface area (Å²) in [4.78, 5) is 2.40. The summed E-state index contributed by atoms with van der Waals surface area (Å²) >= 11 is 0. The van der Waals surface area contributed by atoms with Crippen LogP contribution in [0.3, 0.4) is 0 Å². The Balaban J connectivity index is 2.15. The molecule has 0 aliphatic carbocycles. The van der Waals surface area contributed by atoms with E-state index in [1.54, 1.807) is 0 Å². The number of hydrogen-bond acceptors (Lipinski definition) is 3. The normalized spacial score (nSPS) is 37.2. The summed E-state index contributed by atoms with van der Waals surface area (Å²) < 4.78 is 0. The summed E-state index contributed by atoms with van der Waals surface area (Å²) in [5.74, 6) is 0. The van der Waals surface area contributed by atoms with Gasteiger partial charge in [-0.3, -0.25) is 4.90 Å². The van der Waals surface area contributed by atoms with Crippen molar-refractivity contribution in [3.63, 3.8) is 0 Å². The zero-order valence-corrected chi connectivity index (χ0v) is 5.95. The van der Waals surface area contributed by atoms with Crippen LogP contribution in [-0.4, -0.2) is 35.0 Å². The van der Waals surface area contributed by atoms with Crippen LogP contribution in [-0.2, 0) is 0 Å². The smallest absolute Gasteiger partial charge is 0.0754 e. The zero-order chi connectivity index (χ0) is 6.97. The average molecular weight is 140 g/mol. The van der Waals surface area contributed by atoms with Crippen molar-refractivity contribution in [3.8, 4) is 0 Å². The molecule has 0 unspecified atom stereocenters. The second-order valence-electron chi connectivity index (χ2n) is 3.04. The highest BCUT2D eigenvalue weighted by Gasteiger charge is 2.34. The highest BCUT2D eigenvalue weighted by atomic mass is 16.4. The molecule has 1 atom stereocenters. The standard InChI is InChI=1S/C7H12N2O/c10-8-6-3-5-9-4-1-2-7(6)9/h7,10H,1-5H2/b8-6-/t7-/m1/s1. The van der Waals surface area contributed by atoms with Crippen LogP contribution in [0.4, 0.5) is 0 Å². The average Bonchev–Trinajstić information content (AvgIpc) is 2.44. The number of nitrogens with zero attached hydrogens (tertiary/aromatic N) is 2. The summed E-state index contributed by atoms with van der Waals surface area (Å²) in [6, 6.07) is 0.491. The molecule has 2 aliphatic heterocycles. The lowest BCUT2D eigenvalue weighted by atomic mass is 10.1. The molecule has 0 aromatic heterocycles. The predicted octanol–water partition coefficient (Wildman–Crippen LogP) is 0.685. The van der Waals surface area contributed by atoms with Gasteiger partial charge in [-0.25, -0.2) is 0 Å². The van der Waals surface area contributed by atoms with Crippen molar-refractivity contribution < 1.29 is 5.21 Å². The van der Waals surface area contributed by atoms with Crippen LogP contribution in [0, 0.1) is 0 Å². The fourth-order valence-electron chi connectivity index (χ4n) is 2.01. The maximum absolute atomic E-state index is 8.57. The van der Waals surface area contributed by atoms with E-state index in [9.17, 15) is 0 Å². The molecule has 3 nitrogen and oxygen atoms in total. The van der Waals surface area contributed by atoms with E-state index >= 15 is 0 Å².